The molecule has 0 spiro atoms. The molecule has 8 nitrogen and oxygen atoms in total. The van der Waals surface area contributed by atoms with Crippen molar-refractivity contribution in [3.63, 3.8) is 0 Å². The molecule has 1 amide bonds. The molecule has 4 rings (SSSR count). The van der Waals surface area contributed by atoms with Crippen LogP contribution in [0.4, 0.5) is 17.6 Å². The Morgan fingerprint density at radius 2 is 1.86 bits per heavy atom. The van der Waals surface area contributed by atoms with E-state index in [0.29, 0.717) is 6.20 Å². The lowest BCUT2D eigenvalue weighted by Gasteiger charge is -2.18. The minimum atomic E-state index is -4.75. The summed E-state index contributed by atoms with van der Waals surface area (Å²) in [5.74, 6) is -1.92. The third-order valence-corrected chi connectivity index (χ3v) is 5.19. The fraction of sp³-hybridized carbons (Fsp3) is 0.130. The molecule has 0 fully saturated rings. The van der Waals surface area contributed by atoms with Crippen molar-refractivity contribution in [2.75, 3.05) is 7.11 Å². The summed E-state index contributed by atoms with van der Waals surface area (Å²) in [4.78, 5) is 35.0. The SMILES string of the molecule is COc1cc(F)ccc1Oc1ncc(C(F)(F)F)c(C)c1-c1cc(=O)c2c(C(N)=O)nccc2[nH]1. The summed E-state index contributed by atoms with van der Waals surface area (Å²) in [5.41, 5.74) is 2.80. The lowest BCUT2D eigenvalue weighted by molar-refractivity contribution is -0.138. The molecule has 0 bridgehead atoms. The van der Waals surface area contributed by atoms with Gasteiger partial charge in [0.2, 0.25) is 5.88 Å². The Kier molecular flexibility index (Phi) is 5.89. The Bertz CT molecular complexity index is 1530. The van der Waals surface area contributed by atoms with Crippen molar-refractivity contribution in [3.8, 4) is 28.6 Å². The first kappa shape index (κ1) is 23.7. The van der Waals surface area contributed by atoms with Crippen LogP contribution in [-0.2, 0) is 6.18 Å². The maximum Gasteiger partial charge on any atom is 0.418 e. The Morgan fingerprint density at radius 1 is 1.11 bits per heavy atom. The van der Waals surface area contributed by atoms with Crippen molar-refractivity contribution in [1.29, 1.82) is 0 Å². The van der Waals surface area contributed by atoms with E-state index in [2.05, 4.69) is 15.0 Å². The number of amides is 1. The second-order valence-corrected chi connectivity index (χ2v) is 7.37. The summed E-state index contributed by atoms with van der Waals surface area (Å²) in [6.07, 6.45) is -2.93. The van der Waals surface area contributed by atoms with E-state index < -0.39 is 28.9 Å². The number of ether oxygens (including phenoxy) is 2. The smallest absolute Gasteiger partial charge is 0.418 e. The number of nitrogens with two attached hydrogens (primary N) is 1. The zero-order valence-electron chi connectivity index (χ0n) is 18.2. The molecule has 0 atom stereocenters. The number of aromatic nitrogens is 3. The number of rotatable bonds is 5. The minimum absolute atomic E-state index is 0.0230. The molecule has 4 aromatic rings. The Morgan fingerprint density at radius 3 is 2.51 bits per heavy atom. The van der Waals surface area contributed by atoms with Crippen molar-refractivity contribution in [3.05, 3.63) is 75.6 Å². The van der Waals surface area contributed by atoms with Crippen LogP contribution in [-0.4, -0.2) is 28.0 Å². The molecule has 1 aromatic carbocycles. The summed E-state index contributed by atoms with van der Waals surface area (Å²) in [6, 6.07) is 5.69. The van der Waals surface area contributed by atoms with Gasteiger partial charge in [-0.2, -0.15) is 13.2 Å². The number of halogens is 4. The Labute approximate surface area is 194 Å². The van der Waals surface area contributed by atoms with Crippen LogP contribution in [0.2, 0.25) is 0 Å². The first-order valence-corrected chi connectivity index (χ1v) is 9.91. The number of nitrogens with zero attached hydrogens (tertiary/aromatic N) is 2. The van der Waals surface area contributed by atoms with Crippen LogP contribution in [0.1, 0.15) is 21.6 Å². The molecule has 0 saturated heterocycles. The van der Waals surface area contributed by atoms with E-state index in [1.54, 1.807) is 0 Å². The molecule has 180 valence electrons. The summed E-state index contributed by atoms with van der Waals surface area (Å²) in [5, 5.41) is -0.121. The van der Waals surface area contributed by atoms with E-state index >= 15 is 0 Å². The van der Waals surface area contributed by atoms with E-state index in [9.17, 15) is 27.2 Å². The van der Waals surface area contributed by atoms with Crippen LogP contribution in [0, 0.1) is 12.7 Å². The van der Waals surface area contributed by atoms with Crippen LogP contribution in [0.5, 0.6) is 17.4 Å². The van der Waals surface area contributed by atoms with Crippen molar-refractivity contribution in [2.24, 2.45) is 5.73 Å². The average molecular weight is 488 g/mol. The van der Waals surface area contributed by atoms with Crippen LogP contribution in [0.15, 0.2) is 47.5 Å². The van der Waals surface area contributed by atoms with Gasteiger partial charge in [0.15, 0.2) is 16.9 Å². The highest BCUT2D eigenvalue weighted by Gasteiger charge is 2.35. The highest BCUT2D eigenvalue weighted by atomic mass is 19.4. The number of hydrogen-bond donors (Lipinski definition) is 2. The topological polar surface area (TPSA) is 120 Å². The van der Waals surface area contributed by atoms with Crippen LogP contribution in [0.3, 0.4) is 0 Å². The zero-order valence-corrected chi connectivity index (χ0v) is 18.2. The standard InChI is InChI=1S/C23H16F4N4O4/c1-10-12(23(25,26)27)9-30-22(35-16-4-3-11(24)7-17(16)34-2)18(10)14-8-15(32)19-13(31-14)5-6-29-20(19)21(28)33/h3-9H,1-2H3,(H2,28,33)(H,31,32). The molecular formula is C23H16F4N4O4. The Balaban J connectivity index is 1.99. The first-order chi connectivity index (χ1) is 16.5. The van der Waals surface area contributed by atoms with Gasteiger partial charge in [-0.05, 0) is 30.7 Å². The van der Waals surface area contributed by atoms with Gasteiger partial charge in [0.05, 0.1) is 34.8 Å². The normalized spacial score (nSPS) is 11.5. The molecule has 0 saturated carbocycles. The lowest BCUT2D eigenvalue weighted by atomic mass is 10.0. The highest BCUT2D eigenvalue weighted by Crippen LogP contribution is 2.42. The largest absolute Gasteiger partial charge is 0.493 e. The molecule has 0 aliphatic heterocycles. The second-order valence-electron chi connectivity index (χ2n) is 7.37. The van der Waals surface area contributed by atoms with Gasteiger partial charge in [-0.1, -0.05) is 0 Å². The van der Waals surface area contributed by atoms with Gasteiger partial charge in [-0.15, -0.1) is 0 Å². The lowest BCUT2D eigenvalue weighted by Crippen LogP contribution is -2.18. The third kappa shape index (κ3) is 4.37. The molecular weight excluding hydrogens is 472 g/mol. The predicted molar refractivity (Wildman–Crippen MR) is 117 cm³/mol. The third-order valence-electron chi connectivity index (χ3n) is 5.19. The minimum Gasteiger partial charge on any atom is -0.493 e. The molecule has 0 unspecified atom stereocenters. The maximum atomic E-state index is 13.7. The molecule has 3 N–H and O–H groups in total. The summed E-state index contributed by atoms with van der Waals surface area (Å²) < 4.78 is 65.4. The van der Waals surface area contributed by atoms with Crippen molar-refractivity contribution in [2.45, 2.75) is 13.1 Å². The number of carbonyl (C=O) groups excluding carboxylic acids is 1. The monoisotopic (exact) mass is 488 g/mol. The first-order valence-electron chi connectivity index (χ1n) is 9.91. The number of hydrogen-bond acceptors (Lipinski definition) is 6. The number of methoxy groups -OCH3 is 1. The van der Waals surface area contributed by atoms with Crippen molar-refractivity contribution in [1.82, 2.24) is 15.0 Å². The van der Waals surface area contributed by atoms with Gasteiger partial charge in [-0.3, -0.25) is 14.6 Å². The van der Waals surface area contributed by atoms with Crippen LogP contribution in [0.25, 0.3) is 22.2 Å². The number of carbonyl (C=O) groups is 1. The highest BCUT2D eigenvalue weighted by molar-refractivity contribution is 6.03. The predicted octanol–water partition coefficient (Wildman–Crippen LogP) is 4.35. The van der Waals surface area contributed by atoms with Gasteiger partial charge in [0, 0.05) is 24.5 Å². The number of nitrogens with one attached hydrogen (secondary N) is 1. The van der Waals surface area contributed by atoms with E-state index in [4.69, 9.17) is 15.2 Å². The van der Waals surface area contributed by atoms with E-state index in [1.165, 1.54) is 32.4 Å². The number of aromatic amines is 1. The molecule has 3 heterocycles. The van der Waals surface area contributed by atoms with E-state index in [-0.39, 0.29) is 50.8 Å². The summed E-state index contributed by atoms with van der Waals surface area (Å²) in [6.45, 7) is 1.19. The van der Waals surface area contributed by atoms with Crippen molar-refractivity contribution >= 4 is 16.8 Å². The van der Waals surface area contributed by atoms with Gasteiger partial charge < -0.3 is 20.2 Å². The zero-order chi connectivity index (χ0) is 25.5. The van der Waals surface area contributed by atoms with E-state index in [0.717, 1.165) is 18.2 Å². The van der Waals surface area contributed by atoms with Gasteiger partial charge in [0.25, 0.3) is 5.91 Å². The summed E-state index contributed by atoms with van der Waals surface area (Å²) in [7, 11) is 1.26. The molecule has 0 aliphatic carbocycles. The molecule has 0 radical (unpaired) electrons. The number of benzene rings is 1. The van der Waals surface area contributed by atoms with Gasteiger partial charge in [0.1, 0.15) is 11.5 Å². The number of H-pyrrole nitrogens is 1. The fourth-order valence-electron chi connectivity index (χ4n) is 3.61. The maximum absolute atomic E-state index is 13.7. The second kappa shape index (κ2) is 8.70. The van der Waals surface area contributed by atoms with Crippen molar-refractivity contribution < 1.29 is 31.8 Å². The van der Waals surface area contributed by atoms with E-state index in [1.807, 2.05) is 0 Å². The van der Waals surface area contributed by atoms with Crippen LogP contribution < -0.4 is 20.6 Å². The number of fused-ring (bicyclic) bond motifs is 1. The van der Waals surface area contributed by atoms with Gasteiger partial charge >= 0.3 is 6.18 Å². The fourth-order valence-corrected chi connectivity index (χ4v) is 3.61. The molecule has 3 aromatic heterocycles. The number of alkyl halides is 3. The van der Waals surface area contributed by atoms with Gasteiger partial charge in [-0.25, -0.2) is 9.37 Å². The average Bonchev–Trinajstić information content (AvgIpc) is 2.78. The van der Waals surface area contributed by atoms with Crippen LogP contribution >= 0.6 is 0 Å². The number of primary amides is 1. The number of pyridine rings is 3. The molecule has 12 heteroatoms. The molecule has 35 heavy (non-hydrogen) atoms. The molecule has 0 aliphatic rings. The Hall–Kier alpha value is -4.48. The quantitative estimate of drug-likeness (QED) is 0.403. The summed E-state index contributed by atoms with van der Waals surface area (Å²) >= 11 is 0.